The van der Waals surface area contributed by atoms with Crippen LogP contribution in [0.3, 0.4) is 0 Å². The Morgan fingerprint density at radius 2 is 1.81 bits per heavy atom. The Labute approximate surface area is 91.0 Å². The maximum Gasteiger partial charge on any atom is 0.330 e. The molecule has 1 aliphatic rings. The van der Waals surface area contributed by atoms with Crippen LogP contribution in [0, 0.1) is 5.92 Å². The minimum atomic E-state index is -4.08. The van der Waals surface area contributed by atoms with Crippen LogP contribution in [0.1, 0.15) is 25.7 Å². The van der Waals surface area contributed by atoms with Crippen molar-refractivity contribution in [3.63, 3.8) is 0 Å². The molecule has 0 saturated heterocycles. The summed E-state index contributed by atoms with van der Waals surface area (Å²) < 4.78 is 53.4. The summed E-state index contributed by atoms with van der Waals surface area (Å²) in [4.78, 5) is 10.4. The highest BCUT2D eigenvalue weighted by Crippen LogP contribution is 2.28. The Hall–Kier alpha value is -0.650. The molecule has 0 unspecified atom stereocenters. The summed E-state index contributed by atoms with van der Waals surface area (Å²) >= 11 is 0. The summed E-state index contributed by atoms with van der Waals surface area (Å²) in [7, 11) is 0. The summed E-state index contributed by atoms with van der Waals surface area (Å²) in [5.74, 6) is -4.13. The minimum absolute atomic E-state index is 0.0459. The van der Waals surface area contributed by atoms with Crippen molar-refractivity contribution in [2.75, 3.05) is 6.61 Å². The summed E-state index contributed by atoms with van der Waals surface area (Å²) in [5.41, 5.74) is 0. The van der Waals surface area contributed by atoms with Crippen LogP contribution in [0.5, 0.6) is 0 Å². The third kappa shape index (κ3) is 3.73. The predicted molar refractivity (Wildman–Crippen MR) is 48.7 cm³/mol. The molecule has 1 aliphatic carbocycles. The van der Waals surface area contributed by atoms with Gasteiger partial charge in [-0.3, -0.25) is 0 Å². The van der Waals surface area contributed by atoms with Crippen molar-refractivity contribution in [3.8, 4) is 0 Å². The summed E-state index contributed by atoms with van der Waals surface area (Å²) in [6, 6.07) is 0. The highest BCUT2D eigenvalue weighted by Gasteiger charge is 2.41. The monoisotopic (exact) mass is 242 g/mol. The predicted octanol–water partition coefficient (Wildman–Crippen LogP) is 2.66. The SMILES string of the molecule is O=CC1CCC(OCC(F)(F)C(F)F)CC1. The van der Waals surface area contributed by atoms with Crippen LogP contribution in [0.2, 0.25) is 0 Å². The van der Waals surface area contributed by atoms with Crippen molar-refractivity contribution in [2.24, 2.45) is 5.92 Å². The zero-order valence-electron chi connectivity index (χ0n) is 8.67. The zero-order chi connectivity index (χ0) is 12.2. The summed E-state index contributed by atoms with van der Waals surface area (Å²) in [6.07, 6.45) is -1.18. The van der Waals surface area contributed by atoms with E-state index < -0.39 is 25.1 Å². The number of carbonyl (C=O) groups excluding carboxylic acids is 1. The second-order valence-electron chi connectivity index (χ2n) is 4.05. The molecule has 0 radical (unpaired) electrons. The molecule has 1 saturated carbocycles. The van der Waals surface area contributed by atoms with Crippen LogP contribution in [-0.2, 0) is 9.53 Å². The van der Waals surface area contributed by atoms with Gasteiger partial charge in [0, 0.05) is 5.92 Å². The van der Waals surface area contributed by atoms with E-state index in [1.807, 2.05) is 0 Å². The molecule has 0 aromatic heterocycles. The number of rotatable bonds is 5. The van der Waals surface area contributed by atoms with Gasteiger partial charge in [-0.25, -0.2) is 8.78 Å². The molecule has 0 atom stereocenters. The lowest BCUT2D eigenvalue weighted by atomic mass is 9.88. The Morgan fingerprint density at radius 1 is 1.25 bits per heavy atom. The first-order chi connectivity index (χ1) is 7.45. The highest BCUT2D eigenvalue weighted by molar-refractivity contribution is 5.53. The lowest BCUT2D eigenvalue weighted by Crippen LogP contribution is -2.35. The van der Waals surface area contributed by atoms with E-state index in [0.717, 1.165) is 6.29 Å². The van der Waals surface area contributed by atoms with Gasteiger partial charge in [-0.05, 0) is 25.7 Å². The van der Waals surface area contributed by atoms with E-state index in [0.29, 0.717) is 25.7 Å². The van der Waals surface area contributed by atoms with Crippen LogP contribution >= 0.6 is 0 Å². The third-order valence-electron chi connectivity index (χ3n) is 2.74. The van der Waals surface area contributed by atoms with Gasteiger partial charge in [0.2, 0.25) is 0 Å². The van der Waals surface area contributed by atoms with E-state index in [1.165, 1.54) is 0 Å². The topological polar surface area (TPSA) is 26.3 Å². The first kappa shape index (κ1) is 13.4. The lowest BCUT2D eigenvalue weighted by Gasteiger charge is -2.27. The van der Waals surface area contributed by atoms with Gasteiger partial charge in [-0.1, -0.05) is 0 Å². The van der Waals surface area contributed by atoms with Gasteiger partial charge in [0.15, 0.2) is 0 Å². The molecule has 2 nitrogen and oxygen atoms in total. The van der Waals surface area contributed by atoms with Crippen molar-refractivity contribution >= 4 is 6.29 Å². The second kappa shape index (κ2) is 5.61. The number of ether oxygens (including phenoxy) is 1. The average Bonchev–Trinajstić information content (AvgIpc) is 2.27. The van der Waals surface area contributed by atoms with Gasteiger partial charge in [0.05, 0.1) is 6.10 Å². The molecular formula is C10H14F4O2. The Bertz CT molecular complexity index is 225. The number of halogens is 4. The zero-order valence-corrected chi connectivity index (χ0v) is 8.67. The number of carbonyl (C=O) groups is 1. The van der Waals surface area contributed by atoms with Crippen LogP contribution < -0.4 is 0 Å². The normalized spacial score (nSPS) is 27.1. The second-order valence-corrected chi connectivity index (χ2v) is 4.05. The van der Waals surface area contributed by atoms with E-state index in [2.05, 4.69) is 0 Å². The van der Waals surface area contributed by atoms with Crippen molar-refractivity contribution in [3.05, 3.63) is 0 Å². The van der Waals surface area contributed by atoms with Crippen molar-refractivity contribution in [1.82, 2.24) is 0 Å². The molecule has 0 bridgehead atoms. The number of hydrogen-bond donors (Lipinski definition) is 0. The fourth-order valence-corrected chi connectivity index (χ4v) is 1.68. The molecule has 0 N–H and O–H groups in total. The van der Waals surface area contributed by atoms with Gasteiger partial charge >= 0.3 is 12.3 Å². The van der Waals surface area contributed by atoms with Crippen molar-refractivity contribution in [2.45, 2.75) is 44.1 Å². The standard InChI is InChI=1S/C10H14F4O2/c11-9(12)10(13,14)6-16-8-3-1-7(5-15)2-4-8/h5,7-9H,1-4,6H2. The third-order valence-corrected chi connectivity index (χ3v) is 2.74. The van der Waals surface area contributed by atoms with Gasteiger partial charge < -0.3 is 9.53 Å². The van der Waals surface area contributed by atoms with E-state index in [1.54, 1.807) is 0 Å². The van der Waals surface area contributed by atoms with Crippen LogP contribution in [0.15, 0.2) is 0 Å². The quantitative estimate of drug-likeness (QED) is 0.547. The van der Waals surface area contributed by atoms with Gasteiger partial charge in [0.25, 0.3) is 0 Å². The Balaban J connectivity index is 2.27. The number of alkyl halides is 4. The Kier molecular flexibility index (Phi) is 4.70. The van der Waals surface area contributed by atoms with Gasteiger partial charge in [0.1, 0.15) is 12.9 Å². The Morgan fingerprint density at radius 3 is 2.25 bits per heavy atom. The average molecular weight is 242 g/mol. The summed E-state index contributed by atoms with van der Waals surface area (Å²) in [6.45, 7) is -1.25. The van der Waals surface area contributed by atoms with Gasteiger partial charge in [-0.2, -0.15) is 8.78 Å². The molecule has 0 aromatic rings. The van der Waals surface area contributed by atoms with E-state index in [4.69, 9.17) is 4.74 Å². The summed E-state index contributed by atoms with van der Waals surface area (Å²) in [5, 5.41) is 0. The van der Waals surface area contributed by atoms with Crippen molar-refractivity contribution < 1.29 is 27.1 Å². The van der Waals surface area contributed by atoms with Crippen LogP contribution in [-0.4, -0.2) is 31.3 Å². The molecule has 0 spiro atoms. The lowest BCUT2D eigenvalue weighted by molar-refractivity contribution is -0.179. The first-order valence-corrected chi connectivity index (χ1v) is 5.18. The fraction of sp³-hybridized carbons (Fsp3) is 0.900. The molecular weight excluding hydrogens is 228 g/mol. The molecule has 6 heteroatoms. The molecule has 0 amide bonds. The molecule has 1 rings (SSSR count). The number of aldehydes is 1. The highest BCUT2D eigenvalue weighted by atomic mass is 19.3. The maximum atomic E-state index is 12.5. The largest absolute Gasteiger partial charge is 0.372 e. The van der Waals surface area contributed by atoms with Crippen molar-refractivity contribution in [1.29, 1.82) is 0 Å². The smallest absolute Gasteiger partial charge is 0.330 e. The molecule has 0 aromatic carbocycles. The molecule has 94 valence electrons. The fourth-order valence-electron chi connectivity index (χ4n) is 1.68. The van der Waals surface area contributed by atoms with Crippen LogP contribution in [0.25, 0.3) is 0 Å². The molecule has 16 heavy (non-hydrogen) atoms. The van der Waals surface area contributed by atoms with Gasteiger partial charge in [-0.15, -0.1) is 0 Å². The van der Waals surface area contributed by atoms with E-state index in [-0.39, 0.29) is 5.92 Å². The molecule has 1 fully saturated rings. The molecule has 0 heterocycles. The maximum absolute atomic E-state index is 12.5. The van der Waals surface area contributed by atoms with E-state index >= 15 is 0 Å². The van der Waals surface area contributed by atoms with E-state index in [9.17, 15) is 22.4 Å². The first-order valence-electron chi connectivity index (χ1n) is 5.18. The van der Waals surface area contributed by atoms with Crippen LogP contribution in [0.4, 0.5) is 17.6 Å². The number of hydrogen-bond acceptors (Lipinski definition) is 2. The molecule has 0 aliphatic heterocycles. The minimum Gasteiger partial charge on any atom is -0.372 e.